The molecule has 7 nitrogen and oxygen atoms in total. The van der Waals surface area contributed by atoms with Crippen LogP contribution in [-0.2, 0) is 6.61 Å². The van der Waals surface area contributed by atoms with Crippen LogP contribution in [-0.4, -0.2) is 35.3 Å². The molecule has 0 spiro atoms. The van der Waals surface area contributed by atoms with E-state index in [4.69, 9.17) is 14.2 Å². The Labute approximate surface area is 145 Å². The van der Waals surface area contributed by atoms with Crippen molar-refractivity contribution in [2.24, 2.45) is 5.10 Å². The van der Waals surface area contributed by atoms with Gasteiger partial charge in [-0.3, -0.25) is 0 Å². The van der Waals surface area contributed by atoms with Crippen molar-refractivity contribution in [1.29, 1.82) is 0 Å². The molecule has 0 saturated heterocycles. The van der Waals surface area contributed by atoms with Crippen LogP contribution in [0.1, 0.15) is 11.1 Å². The Bertz CT molecular complexity index is 847. The van der Waals surface area contributed by atoms with Gasteiger partial charge in [-0.25, -0.2) is 4.68 Å². The first-order valence-electron chi connectivity index (χ1n) is 7.61. The van der Waals surface area contributed by atoms with E-state index < -0.39 is 0 Å². The maximum absolute atomic E-state index is 5.85. The lowest BCUT2D eigenvalue weighted by Crippen LogP contribution is -2.00. The summed E-state index contributed by atoms with van der Waals surface area (Å²) in [6, 6.07) is 13.2. The van der Waals surface area contributed by atoms with Crippen molar-refractivity contribution in [2.45, 2.75) is 6.61 Å². The Kier molecular flexibility index (Phi) is 5.26. The molecule has 2 aromatic carbocycles. The minimum atomic E-state index is 0.366. The lowest BCUT2D eigenvalue weighted by atomic mass is 10.1. The zero-order valence-electron chi connectivity index (χ0n) is 14.0. The minimum absolute atomic E-state index is 0.366. The Morgan fingerprint density at radius 1 is 1.00 bits per heavy atom. The maximum atomic E-state index is 5.85. The van der Waals surface area contributed by atoms with Crippen molar-refractivity contribution in [3.63, 3.8) is 0 Å². The molecule has 0 saturated carbocycles. The molecule has 0 radical (unpaired) electrons. The number of rotatable bonds is 7. The summed E-state index contributed by atoms with van der Waals surface area (Å²) in [5, 5.41) is 11.7. The first-order valence-corrected chi connectivity index (χ1v) is 7.61. The van der Waals surface area contributed by atoms with Crippen LogP contribution in [0.2, 0.25) is 0 Å². The second-order valence-corrected chi connectivity index (χ2v) is 5.13. The van der Waals surface area contributed by atoms with Gasteiger partial charge in [0.05, 0.1) is 20.4 Å². The third-order valence-electron chi connectivity index (χ3n) is 3.49. The molecule has 0 fully saturated rings. The fourth-order valence-electron chi connectivity index (χ4n) is 2.23. The van der Waals surface area contributed by atoms with Crippen LogP contribution < -0.4 is 14.2 Å². The van der Waals surface area contributed by atoms with Crippen molar-refractivity contribution >= 4 is 6.21 Å². The van der Waals surface area contributed by atoms with E-state index in [2.05, 4.69) is 15.3 Å². The van der Waals surface area contributed by atoms with Crippen LogP contribution in [0, 0.1) is 0 Å². The largest absolute Gasteiger partial charge is 0.497 e. The van der Waals surface area contributed by atoms with Crippen molar-refractivity contribution in [3.05, 3.63) is 66.2 Å². The lowest BCUT2D eigenvalue weighted by Gasteiger charge is -2.11. The molecule has 3 rings (SSSR count). The number of benzene rings is 2. The standard InChI is InChI=1S/C18H18N4O3/c1-23-16-4-3-5-17(9-16)25-11-15-8-14(6-7-18(15)24-2)10-21-22-12-19-20-13-22/h3-10,12-13H,11H2,1-2H3. The van der Waals surface area contributed by atoms with Gasteiger partial charge in [0.15, 0.2) is 0 Å². The van der Waals surface area contributed by atoms with E-state index in [0.29, 0.717) is 6.61 Å². The maximum Gasteiger partial charge on any atom is 0.141 e. The molecule has 0 atom stereocenters. The highest BCUT2D eigenvalue weighted by Crippen LogP contribution is 2.24. The number of methoxy groups -OCH3 is 2. The van der Waals surface area contributed by atoms with Crippen molar-refractivity contribution in [1.82, 2.24) is 14.9 Å². The number of aromatic nitrogens is 3. The van der Waals surface area contributed by atoms with E-state index in [1.54, 1.807) is 20.4 Å². The molecule has 128 valence electrons. The van der Waals surface area contributed by atoms with Gasteiger partial charge in [0.25, 0.3) is 0 Å². The van der Waals surface area contributed by atoms with Gasteiger partial charge >= 0.3 is 0 Å². The van der Waals surface area contributed by atoms with Gasteiger partial charge in [-0.15, -0.1) is 10.2 Å². The Morgan fingerprint density at radius 2 is 1.80 bits per heavy atom. The summed E-state index contributed by atoms with van der Waals surface area (Å²) in [5.74, 6) is 2.23. The molecule has 0 unspecified atom stereocenters. The van der Waals surface area contributed by atoms with E-state index >= 15 is 0 Å². The normalized spacial score (nSPS) is 10.8. The highest BCUT2D eigenvalue weighted by atomic mass is 16.5. The molecule has 1 aromatic heterocycles. The molecule has 7 heteroatoms. The summed E-state index contributed by atoms with van der Waals surface area (Å²) < 4.78 is 18.0. The topological polar surface area (TPSA) is 70.8 Å². The Morgan fingerprint density at radius 3 is 2.56 bits per heavy atom. The third-order valence-corrected chi connectivity index (χ3v) is 3.49. The molecule has 0 aliphatic rings. The second kappa shape index (κ2) is 7.96. The van der Waals surface area contributed by atoms with Crippen LogP contribution in [0.3, 0.4) is 0 Å². The van der Waals surface area contributed by atoms with E-state index in [1.807, 2.05) is 42.5 Å². The monoisotopic (exact) mass is 338 g/mol. The Hall–Kier alpha value is -3.35. The van der Waals surface area contributed by atoms with Gasteiger partial charge in [0.1, 0.15) is 36.5 Å². The van der Waals surface area contributed by atoms with Crippen molar-refractivity contribution in [3.8, 4) is 17.2 Å². The average molecular weight is 338 g/mol. The highest BCUT2D eigenvalue weighted by Gasteiger charge is 2.06. The van der Waals surface area contributed by atoms with Crippen LogP contribution in [0.4, 0.5) is 0 Å². The van der Waals surface area contributed by atoms with Crippen LogP contribution >= 0.6 is 0 Å². The van der Waals surface area contributed by atoms with Gasteiger partial charge in [-0.05, 0) is 35.9 Å². The van der Waals surface area contributed by atoms with Gasteiger partial charge in [0.2, 0.25) is 0 Å². The summed E-state index contributed by atoms with van der Waals surface area (Å²) in [6.07, 6.45) is 4.76. The van der Waals surface area contributed by atoms with Gasteiger partial charge in [-0.2, -0.15) is 5.10 Å². The summed E-state index contributed by atoms with van der Waals surface area (Å²) in [4.78, 5) is 0. The number of hydrogen-bond acceptors (Lipinski definition) is 6. The zero-order valence-corrected chi connectivity index (χ0v) is 14.0. The molecule has 1 heterocycles. The molecular formula is C18H18N4O3. The number of nitrogens with zero attached hydrogens (tertiary/aromatic N) is 4. The van der Waals surface area contributed by atoms with E-state index in [9.17, 15) is 0 Å². The number of ether oxygens (including phenoxy) is 3. The zero-order chi connectivity index (χ0) is 17.5. The number of hydrogen-bond donors (Lipinski definition) is 0. The van der Waals surface area contributed by atoms with Gasteiger partial charge in [-0.1, -0.05) is 6.07 Å². The van der Waals surface area contributed by atoms with Crippen LogP contribution in [0.25, 0.3) is 0 Å². The van der Waals surface area contributed by atoms with Crippen molar-refractivity contribution < 1.29 is 14.2 Å². The fourth-order valence-corrected chi connectivity index (χ4v) is 2.23. The van der Waals surface area contributed by atoms with E-state index in [-0.39, 0.29) is 0 Å². The van der Waals surface area contributed by atoms with E-state index in [1.165, 1.54) is 17.3 Å². The first-order chi connectivity index (χ1) is 12.3. The molecule has 0 bridgehead atoms. The van der Waals surface area contributed by atoms with Crippen LogP contribution in [0.5, 0.6) is 17.2 Å². The molecule has 25 heavy (non-hydrogen) atoms. The predicted molar refractivity (Wildman–Crippen MR) is 93.3 cm³/mol. The molecule has 0 N–H and O–H groups in total. The van der Waals surface area contributed by atoms with E-state index in [0.717, 1.165) is 28.4 Å². The smallest absolute Gasteiger partial charge is 0.141 e. The van der Waals surface area contributed by atoms with Crippen LogP contribution in [0.15, 0.2) is 60.2 Å². The first kappa shape index (κ1) is 16.5. The average Bonchev–Trinajstić information content (AvgIpc) is 3.18. The summed E-state index contributed by atoms with van der Waals surface area (Å²) in [5.41, 5.74) is 1.83. The summed E-state index contributed by atoms with van der Waals surface area (Å²) in [6.45, 7) is 0.366. The quantitative estimate of drug-likeness (QED) is 0.620. The molecule has 0 amide bonds. The van der Waals surface area contributed by atoms with Gasteiger partial charge < -0.3 is 14.2 Å². The highest BCUT2D eigenvalue weighted by molar-refractivity contribution is 5.80. The fraction of sp³-hybridized carbons (Fsp3) is 0.167. The lowest BCUT2D eigenvalue weighted by molar-refractivity contribution is 0.294. The second-order valence-electron chi connectivity index (χ2n) is 5.13. The SMILES string of the molecule is COc1cccc(OCc2cc(C=Nn3cnnc3)ccc2OC)c1. The molecule has 0 aliphatic heterocycles. The molecule has 0 aliphatic carbocycles. The van der Waals surface area contributed by atoms with Crippen molar-refractivity contribution in [2.75, 3.05) is 14.2 Å². The summed E-state index contributed by atoms with van der Waals surface area (Å²) in [7, 11) is 3.26. The van der Waals surface area contributed by atoms with Gasteiger partial charge in [0, 0.05) is 11.6 Å². The molecular weight excluding hydrogens is 320 g/mol. The Balaban J connectivity index is 1.75. The predicted octanol–water partition coefficient (Wildman–Crippen LogP) is 2.76. The minimum Gasteiger partial charge on any atom is -0.497 e. The third kappa shape index (κ3) is 4.35. The summed E-state index contributed by atoms with van der Waals surface area (Å²) >= 11 is 0. The molecule has 3 aromatic rings.